The second-order valence-electron chi connectivity index (χ2n) is 5.86. The number of amides is 1. The molecular weight excluding hydrogens is 334 g/mol. The van der Waals surface area contributed by atoms with E-state index in [1.165, 1.54) is 12.4 Å². The van der Waals surface area contributed by atoms with Crippen LogP contribution in [0, 0.1) is 0 Å². The molecule has 8 nitrogen and oxygen atoms in total. The lowest BCUT2D eigenvalue weighted by Gasteiger charge is -2.26. The van der Waals surface area contributed by atoms with Gasteiger partial charge in [0, 0.05) is 50.3 Å². The van der Waals surface area contributed by atoms with Crippen molar-refractivity contribution in [3.8, 4) is 5.75 Å². The zero-order valence-electron chi connectivity index (χ0n) is 14.8. The maximum Gasteiger partial charge on any atom is 0.254 e. The molecule has 1 saturated heterocycles. The van der Waals surface area contributed by atoms with Crippen LogP contribution < -0.4 is 15.4 Å². The van der Waals surface area contributed by atoms with E-state index in [1.54, 1.807) is 7.11 Å². The lowest BCUT2D eigenvalue weighted by Crippen LogP contribution is -2.41. The molecule has 1 amide bonds. The number of anilines is 2. The van der Waals surface area contributed by atoms with Gasteiger partial charge in [0.1, 0.15) is 5.75 Å². The highest BCUT2D eigenvalue weighted by atomic mass is 16.5. The van der Waals surface area contributed by atoms with E-state index in [9.17, 15) is 4.79 Å². The molecule has 1 aliphatic rings. The van der Waals surface area contributed by atoms with Crippen molar-refractivity contribution < 1.29 is 14.3 Å². The third-order valence-corrected chi connectivity index (χ3v) is 4.06. The highest BCUT2D eigenvalue weighted by Gasteiger charge is 2.11. The first kappa shape index (κ1) is 18.1. The van der Waals surface area contributed by atoms with Crippen molar-refractivity contribution in [2.75, 3.05) is 51.8 Å². The molecule has 2 N–H and O–H groups in total. The van der Waals surface area contributed by atoms with Gasteiger partial charge in [-0.2, -0.15) is 0 Å². The molecule has 2 heterocycles. The molecule has 138 valence electrons. The summed E-state index contributed by atoms with van der Waals surface area (Å²) in [4.78, 5) is 22.8. The molecule has 26 heavy (non-hydrogen) atoms. The fourth-order valence-corrected chi connectivity index (χ4v) is 2.59. The van der Waals surface area contributed by atoms with E-state index in [1.807, 2.05) is 24.3 Å². The van der Waals surface area contributed by atoms with Gasteiger partial charge in [0.15, 0.2) is 0 Å². The topological polar surface area (TPSA) is 88.6 Å². The molecule has 1 aromatic heterocycles. The molecule has 0 unspecified atom stereocenters. The molecule has 1 aliphatic heterocycles. The van der Waals surface area contributed by atoms with E-state index in [4.69, 9.17) is 9.47 Å². The Balaban J connectivity index is 1.49. The summed E-state index contributed by atoms with van der Waals surface area (Å²) >= 11 is 0. The largest absolute Gasteiger partial charge is 0.497 e. The number of hydrogen-bond acceptors (Lipinski definition) is 7. The van der Waals surface area contributed by atoms with Gasteiger partial charge in [-0.3, -0.25) is 9.69 Å². The van der Waals surface area contributed by atoms with Crippen LogP contribution in [0.15, 0.2) is 36.7 Å². The summed E-state index contributed by atoms with van der Waals surface area (Å²) in [5.74, 6) is 0.987. The third kappa shape index (κ3) is 5.14. The predicted molar refractivity (Wildman–Crippen MR) is 97.9 cm³/mol. The van der Waals surface area contributed by atoms with Crippen LogP contribution in [0.5, 0.6) is 5.75 Å². The Morgan fingerprint density at radius 3 is 2.77 bits per heavy atom. The molecule has 1 aromatic carbocycles. The molecule has 0 saturated carbocycles. The predicted octanol–water partition coefficient (Wildman–Crippen LogP) is 1.29. The van der Waals surface area contributed by atoms with Gasteiger partial charge >= 0.3 is 0 Å². The Morgan fingerprint density at radius 2 is 2.04 bits per heavy atom. The van der Waals surface area contributed by atoms with Gasteiger partial charge in [0.05, 0.1) is 25.9 Å². The van der Waals surface area contributed by atoms with Crippen molar-refractivity contribution in [3.63, 3.8) is 0 Å². The summed E-state index contributed by atoms with van der Waals surface area (Å²) in [6, 6.07) is 7.46. The Hall–Kier alpha value is -2.71. The van der Waals surface area contributed by atoms with Gasteiger partial charge < -0.3 is 20.1 Å². The molecule has 0 radical (unpaired) electrons. The van der Waals surface area contributed by atoms with Crippen LogP contribution in [0.3, 0.4) is 0 Å². The van der Waals surface area contributed by atoms with Gasteiger partial charge in [0.25, 0.3) is 5.91 Å². The zero-order chi connectivity index (χ0) is 18.2. The average molecular weight is 357 g/mol. The summed E-state index contributed by atoms with van der Waals surface area (Å²) in [5.41, 5.74) is 1.25. The number of carbonyl (C=O) groups excluding carboxylic acids is 1. The Kier molecular flexibility index (Phi) is 6.34. The van der Waals surface area contributed by atoms with Crippen molar-refractivity contribution in [1.29, 1.82) is 0 Å². The number of aromatic nitrogens is 2. The summed E-state index contributed by atoms with van der Waals surface area (Å²) in [7, 11) is 1.61. The molecule has 8 heteroatoms. The van der Waals surface area contributed by atoms with Crippen LogP contribution in [0.25, 0.3) is 0 Å². The number of methoxy groups -OCH3 is 1. The summed E-state index contributed by atoms with van der Waals surface area (Å²) in [6.45, 7) is 4.72. The standard InChI is InChI=1S/C18H23N5O3/c1-25-16-4-2-3-15(11-16)22-18-20-12-14(13-21-18)17(24)19-5-6-23-7-9-26-10-8-23/h2-4,11-13H,5-10H2,1H3,(H,19,24)(H,20,21,22). The molecule has 3 rings (SSSR count). The number of ether oxygens (including phenoxy) is 2. The van der Waals surface area contributed by atoms with Gasteiger partial charge in [-0.05, 0) is 12.1 Å². The molecule has 0 spiro atoms. The van der Waals surface area contributed by atoms with E-state index in [-0.39, 0.29) is 5.91 Å². The van der Waals surface area contributed by atoms with Crippen LogP contribution in [0.4, 0.5) is 11.6 Å². The molecule has 0 atom stereocenters. The minimum atomic E-state index is -0.175. The number of hydrogen-bond donors (Lipinski definition) is 2. The Morgan fingerprint density at radius 1 is 1.27 bits per heavy atom. The first-order chi connectivity index (χ1) is 12.7. The molecule has 2 aromatic rings. The first-order valence-electron chi connectivity index (χ1n) is 8.56. The first-order valence-corrected chi connectivity index (χ1v) is 8.56. The van der Waals surface area contributed by atoms with Gasteiger partial charge in [0.2, 0.25) is 5.95 Å². The Bertz CT molecular complexity index is 717. The number of morpholine rings is 1. The fraction of sp³-hybridized carbons (Fsp3) is 0.389. The number of nitrogens with zero attached hydrogens (tertiary/aromatic N) is 3. The van der Waals surface area contributed by atoms with Crippen molar-refractivity contribution in [3.05, 3.63) is 42.2 Å². The molecule has 1 fully saturated rings. The van der Waals surface area contributed by atoms with Crippen molar-refractivity contribution in [2.45, 2.75) is 0 Å². The highest BCUT2D eigenvalue weighted by molar-refractivity contribution is 5.93. The molecule has 0 bridgehead atoms. The zero-order valence-corrected chi connectivity index (χ0v) is 14.8. The third-order valence-electron chi connectivity index (χ3n) is 4.06. The van der Waals surface area contributed by atoms with Gasteiger partial charge in [-0.25, -0.2) is 9.97 Å². The number of rotatable bonds is 7. The minimum absolute atomic E-state index is 0.175. The SMILES string of the molecule is COc1cccc(Nc2ncc(C(=O)NCCN3CCOCC3)cn2)c1. The van der Waals surface area contributed by atoms with Crippen LogP contribution in [-0.2, 0) is 4.74 Å². The maximum atomic E-state index is 12.2. The van der Waals surface area contributed by atoms with Crippen molar-refractivity contribution >= 4 is 17.5 Å². The van der Waals surface area contributed by atoms with E-state index in [2.05, 4.69) is 25.5 Å². The average Bonchev–Trinajstić information content (AvgIpc) is 2.69. The lowest BCUT2D eigenvalue weighted by molar-refractivity contribution is 0.0383. The summed E-state index contributed by atoms with van der Waals surface area (Å²) in [5, 5.41) is 5.97. The fourth-order valence-electron chi connectivity index (χ4n) is 2.59. The van der Waals surface area contributed by atoms with E-state index in [0.717, 1.165) is 44.3 Å². The quantitative estimate of drug-likeness (QED) is 0.772. The van der Waals surface area contributed by atoms with Crippen molar-refractivity contribution in [1.82, 2.24) is 20.2 Å². The van der Waals surface area contributed by atoms with Crippen LogP contribution in [0.2, 0.25) is 0 Å². The van der Waals surface area contributed by atoms with Gasteiger partial charge in [-0.15, -0.1) is 0 Å². The Labute approximate surface area is 152 Å². The van der Waals surface area contributed by atoms with E-state index >= 15 is 0 Å². The second-order valence-corrected chi connectivity index (χ2v) is 5.86. The van der Waals surface area contributed by atoms with Crippen LogP contribution in [-0.4, -0.2) is 67.3 Å². The molecule has 0 aliphatic carbocycles. The second kappa shape index (κ2) is 9.12. The van der Waals surface area contributed by atoms with Crippen molar-refractivity contribution in [2.24, 2.45) is 0 Å². The smallest absolute Gasteiger partial charge is 0.254 e. The monoisotopic (exact) mass is 357 g/mol. The number of carbonyl (C=O) groups is 1. The lowest BCUT2D eigenvalue weighted by atomic mass is 10.3. The number of nitrogens with one attached hydrogen (secondary N) is 2. The summed E-state index contributed by atoms with van der Waals surface area (Å²) < 4.78 is 10.5. The van der Waals surface area contributed by atoms with E-state index in [0.29, 0.717) is 18.1 Å². The van der Waals surface area contributed by atoms with E-state index < -0.39 is 0 Å². The normalized spacial score (nSPS) is 14.7. The molecular formula is C18H23N5O3. The maximum absolute atomic E-state index is 12.2. The minimum Gasteiger partial charge on any atom is -0.497 e. The summed E-state index contributed by atoms with van der Waals surface area (Å²) in [6.07, 6.45) is 3.03. The highest BCUT2D eigenvalue weighted by Crippen LogP contribution is 2.19. The van der Waals surface area contributed by atoms with Crippen LogP contribution in [0.1, 0.15) is 10.4 Å². The number of benzene rings is 1. The van der Waals surface area contributed by atoms with Crippen LogP contribution >= 0.6 is 0 Å². The van der Waals surface area contributed by atoms with Gasteiger partial charge in [-0.1, -0.05) is 6.07 Å².